The minimum Gasteiger partial charge on any atom is -0.288 e. The van der Waals surface area contributed by atoms with Crippen LogP contribution in [0.15, 0.2) is 0 Å². The van der Waals surface area contributed by atoms with E-state index in [1.54, 1.807) is 19.0 Å². The van der Waals surface area contributed by atoms with Crippen LogP contribution in [0.25, 0.3) is 0 Å². The third-order valence-electron chi connectivity index (χ3n) is 1.64. The monoisotopic (exact) mass is 172 g/mol. The van der Waals surface area contributed by atoms with Gasteiger partial charge in [-0.3, -0.25) is 15.0 Å². The number of hydrazine groups is 3. The lowest BCUT2D eigenvalue weighted by Gasteiger charge is -2.24. The molecule has 0 aromatic heterocycles. The number of rotatable bonds is 0. The number of hydrogen-bond acceptors (Lipinski definition) is 5. The van der Waals surface area contributed by atoms with Crippen LogP contribution in [-0.2, 0) is 9.59 Å². The third kappa shape index (κ3) is 2.00. The van der Waals surface area contributed by atoms with Gasteiger partial charge < -0.3 is 0 Å². The van der Waals surface area contributed by atoms with E-state index < -0.39 is 11.7 Å². The van der Waals surface area contributed by atoms with Crippen LogP contribution < -0.4 is 16.5 Å². The molecule has 1 unspecified atom stereocenters. The molecule has 0 aromatic carbocycles. The predicted octanol–water partition coefficient (Wildman–Crippen LogP) is -1.82. The van der Waals surface area contributed by atoms with Gasteiger partial charge in [-0.2, -0.15) is 11.1 Å². The fourth-order valence-corrected chi connectivity index (χ4v) is 1.00. The number of nitrogens with one attached hydrogen (secondary N) is 3. The van der Waals surface area contributed by atoms with E-state index in [0.717, 1.165) is 0 Å². The highest BCUT2D eigenvalue weighted by Crippen LogP contribution is 1.99. The normalized spacial score (nSPS) is 27.7. The van der Waals surface area contributed by atoms with Crippen LogP contribution in [0.3, 0.4) is 0 Å². The Hall–Kier alpha value is -0.980. The molecular weight excluding hydrogens is 160 g/mol. The number of Topliss-reactive ketones (excluding diaryl/α,β-unsaturated/α-hetero) is 1. The Kier molecular flexibility index (Phi) is 2.74. The zero-order valence-electron chi connectivity index (χ0n) is 7.05. The van der Waals surface area contributed by atoms with E-state index in [0.29, 0.717) is 6.54 Å². The molecule has 1 rings (SSSR count). The number of carbonyl (C=O) groups excluding carboxylic acids is 2. The Bertz CT molecular complexity index is 206. The number of amides is 1. The zero-order valence-corrected chi connectivity index (χ0v) is 7.05. The summed E-state index contributed by atoms with van der Waals surface area (Å²) in [5.74, 6) is -1.30. The van der Waals surface area contributed by atoms with Crippen LogP contribution in [0, 0.1) is 5.92 Å². The van der Waals surface area contributed by atoms with Gasteiger partial charge in [0.1, 0.15) is 0 Å². The summed E-state index contributed by atoms with van der Waals surface area (Å²) in [6.07, 6.45) is 0. The number of ketones is 1. The molecular formula is C6H12N4O2. The maximum atomic E-state index is 11.1. The Morgan fingerprint density at radius 3 is 2.83 bits per heavy atom. The maximum absolute atomic E-state index is 11.1. The molecule has 68 valence electrons. The van der Waals surface area contributed by atoms with Crippen molar-refractivity contribution >= 4 is 11.7 Å². The molecule has 0 spiro atoms. The summed E-state index contributed by atoms with van der Waals surface area (Å²) >= 11 is 0. The van der Waals surface area contributed by atoms with Gasteiger partial charge in [0.15, 0.2) is 0 Å². The van der Waals surface area contributed by atoms with Gasteiger partial charge in [-0.1, -0.05) is 6.92 Å². The fourth-order valence-electron chi connectivity index (χ4n) is 1.00. The van der Waals surface area contributed by atoms with Crippen LogP contribution >= 0.6 is 0 Å². The molecule has 6 nitrogen and oxygen atoms in total. The summed E-state index contributed by atoms with van der Waals surface area (Å²) < 4.78 is 0. The first kappa shape index (κ1) is 9.11. The van der Waals surface area contributed by atoms with Crippen LogP contribution in [-0.4, -0.2) is 30.3 Å². The molecule has 12 heavy (non-hydrogen) atoms. The van der Waals surface area contributed by atoms with E-state index in [1.165, 1.54) is 0 Å². The van der Waals surface area contributed by atoms with Gasteiger partial charge in [-0.05, 0) is 0 Å². The van der Waals surface area contributed by atoms with Gasteiger partial charge >= 0.3 is 5.91 Å². The second kappa shape index (κ2) is 3.61. The summed E-state index contributed by atoms with van der Waals surface area (Å²) in [5.41, 5.74) is 7.26. The average molecular weight is 172 g/mol. The summed E-state index contributed by atoms with van der Waals surface area (Å²) in [4.78, 5) is 22.0. The van der Waals surface area contributed by atoms with Gasteiger partial charge in [-0.25, -0.2) is 5.01 Å². The molecule has 6 heteroatoms. The van der Waals surface area contributed by atoms with Crippen LogP contribution in [0.1, 0.15) is 6.92 Å². The van der Waals surface area contributed by atoms with E-state index >= 15 is 0 Å². The zero-order chi connectivity index (χ0) is 9.14. The lowest BCUT2D eigenvalue weighted by atomic mass is 10.1. The first-order valence-electron chi connectivity index (χ1n) is 3.67. The molecule has 1 fully saturated rings. The summed E-state index contributed by atoms with van der Waals surface area (Å²) in [6.45, 7) is 2.21. The van der Waals surface area contributed by atoms with Crippen molar-refractivity contribution in [3.05, 3.63) is 0 Å². The van der Waals surface area contributed by atoms with Crippen LogP contribution in [0.2, 0.25) is 0 Å². The lowest BCUT2D eigenvalue weighted by Crippen LogP contribution is -2.59. The average Bonchev–Trinajstić information content (AvgIpc) is 2.01. The Labute approximate surface area is 70.2 Å². The van der Waals surface area contributed by atoms with Gasteiger partial charge in [0.05, 0.1) is 0 Å². The summed E-state index contributed by atoms with van der Waals surface area (Å²) in [7, 11) is 1.77. The SMILES string of the molecule is CC1CN(C)NNNC(=O)C1=O. The number of hydrogen-bond donors (Lipinski definition) is 3. The number of nitrogens with zero attached hydrogens (tertiary/aromatic N) is 1. The predicted molar refractivity (Wildman–Crippen MR) is 41.2 cm³/mol. The van der Waals surface area contributed by atoms with Crippen molar-refractivity contribution in [3.63, 3.8) is 0 Å². The quantitative estimate of drug-likeness (QED) is 0.375. The summed E-state index contributed by atoms with van der Waals surface area (Å²) in [5, 5.41) is 1.68. The molecule has 0 aromatic rings. The van der Waals surface area contributed by atoms with Crippen molar-refractivity contribution in [2.24, 2.45) is 5.92 Å². The highest BCUT2D eigenvalue weighted by molar-refractivity contribution is 6.36. The standard InChI is InChI=1S/C6H12N4O2/c1-4-3-10(2)9-8-7-6(12)5(4)11/h4,8-9H,3H2,1-2H3,(H,7,12). The first-order chi connectivity index (χ1) is 5.61. The van der Waals surface area contributed by atoms with Crippen molar-refractivity contribution in [2.75, 3.05) is 13.6 Å². The minimum atomic E-state index is -0.608. The molecule has 0 saturated carbocycles. The molecule has 1 aliphatic heterocycles. The minimum absolute atomic E-state index is 0.287. The van der Waals surface area contributed by atoms with Crippen LogP contribution in [0.4, 0.5) is 0 Å². The molecule has 3 N–H and O–H groups in total. The second-order valence-corrected chi connectivity index (χ2v) is 2.84. The van der Waals surface area contributed by atoms with E-state index in [2.05, 4.69) is 16.5 Å². The highest BCUT2D eigenvalue weighted by atomic mass is 16.2. The Balaban J connectivity index is 2.62. The van der Waals surface area contributed by atoms with Crippen molar-refractivity contribution < 1.29 is 9.59 Å². The first-order valence-corrected chi connectivity index (χ1v) is 3.67. The molecule has 0 aliphatic carbocycles. The Morgan fingerprint density at radius 2 is 2.17 bits per heavy atom. The molecule has 1 amide bonds. The fraction of sp³-hybridized carbons (Fsp3) is 0.667. The summed E-state index contributed by atoms with van der Waals surface area (Å²) in [6, 6.07) is 0. The van der Waals surface area contributed by atoms with E-state index in [4.69, 9.17) is 0 Å². The Morgan fingerprint density at radius 1 is 1.50 bits per heavy atom. The van der Waals surface area contributed by atoms with Gasteiger partial charge in [0.25, 0.3) is 0 Å². The lowest BCUT2D eigenvalue weighted by molar-refractivity contribution is -0.142. The van der Waals surface area contributed by atoms with Crippen molar-refractivity contribution in [2.45, 2.75) is 6.92 Å². The molecule has 1 heterocycles. The molecule has 0 radical (unpaired) electrons. The van der Waals surface area contributed by atoms with Crippen LogP contribution in [0.5, 0.6) is 0 Å². The molecule has 0 bridgehead atoms. The molecule has 1 saturated heterocycles. The van der Waals surface area contributed by atoms with Crippen molar-refractivity contribution in [1.29, 1.82) is 0 Å². The molecule has 1 aliphatic rings. The second-order valence-electron chi connectivity index (χ2n) is 2.84. The topological polar surface area (TPSA) is 73.5 Å². The highest BCUT2D eigenvalue weighted by Gasteiger charge is 2.24. The van der Waals surface area contributed by atoms with E-state index in [1.807, 2.05) is 0 Å². The maximum Gasteiger partial charge on any atom is 0.302 e. The third-order valence-corrected chi connectivity index (χ3v) is 1.64. The van der Waals surface area contributed by atoms with E-state index in [9.17, 15) is 9.59 Å². The van der Waals surface area contributed by atoms with Crippen molar-refractivity contribution in [3.8, 4) is 0 Å². The van der Waals surface area contributed by atoms with Crippen molar-refractivity contribution in [1.82, 2.24) is 21.5 Å². The van der Waals surface area contributed by atoms with E-state index in [-0.39, 0.29) is 5.92 Å². The van der Waals surface area contributed by atoms with Gasteiger partial charge in [-0.15, -0.1) is 0 Å². The van der Waals surface area contributed by atoms with Gasteiger partial charge in [0, 0.05) is 19.5 Å². The molecule has 1 atom stereocenters. The smallest absolute Gasteiger partial charge is 0.288 e. The number of carbonyl (C=O) groups is 2. The largest absolute Gasteiger partial charge is 0.302 e. The van der Waals surface area contributed by atoms with Gasteiger partial charge in [0.2, 0.25) is 5.78 Å².